The highest BCUT2D eigenvalue weighted by molar-refractivity contribution is 5.87. The number of hydrogen-bond acceptors (Lipinski definition) is 5. The fourth-order valence-electron chi connectivity index (χ4n) is 3.65. The third-order valence-electron chi connectivity index (χ3n) is 4.88. The Labute approximate surface area is 150 Å². The molecule has 1 aliphatic heterocycles. The zero-order valence-electron chi connectivity index (χ0n) is 14.4. The summed E-state index contributed by atoms with van der Waals surface area (Å²) >= 11 is 0. The highest BCUT2D eigenvalue weighted by atomic mass is 16.1. The molecule has 7 nitrogen and oxygen atoms in total. The molecule has 0 unspecified atom stereocenters. The van der Waals surface area contributed by atoms with Crippen molar-refractivity contribution in [2.24, 2.45) is 5.73 Å². The first-order valence-electron chi connectivity index (χ1n) is 8.74. The van der Waals surface area contributed by atoms with Gasteiger partial charge in [0.25, 0.3) is 0 Å². The van der Waals surface area contributed by atoms with Crippen LogP contribution in [0.15, 0.2) is 41.3 Å². The van der Waals surface area contributed by atoms with E-state index in [9.17, 15) is 10.1 Å². The summed E-state index contributed by atoms with van der Waals surface area (Å²) in [6, 6.07) is 11.5. The van der Waals surface area contributed by atoms with E-state index in [1.807, 2.05) is 24.3 Å². The second-order valence-electron chi connectivity index (χ2n) is 6.66. The molecule has 132 valence electrons. The van der Waals surface area contributed by atoms with Crippen LogP contribution in [-0.4, -0.2) is 33.7 Å². The van der Waals surface area contributed by atoms with Crippen molar-refractivity contribution in [1.29, 1.82) is 5.26 Å². The van der Waals surface area contributed by atoms with E-state index in [1.165, 1.54) is 0 Å². The van der Waals surface area contributed by atoms with E-state index in [-0.39, 0.29) is 11.7 Å². The van der Waals surface area contributed by atoms with Gasteiger partial charge in [0.05, 0.1) is 23.6 Å². The number of nitrogens with two attached hydrogens (primary N) is 1. The van der Waals surface area contributed by atoms with E-state index in [0.717, 1.165) is 36.2 Å². The van der Waals surface area contributed by atoms with E-state index in [1.54, 1.807) is 16.8 Å². The van der Waals surface area contributed by atoms with Gasteiger partial charge in [-0.1, -0.05) is 18.2 Å². The maximum atomic E-state index is 12.8. The second kappa shape index (κ2) is 6.65. The smallest absolute Gasteiger partial charge is 0.351 e. The third kappa shape index (κ3) is 2.85. The van der Waals surface area contributed by atoms with Crippen LogP contribution < -0.4 is 16.3 Å². The molecule has 0 amide bonds. The summed E-state index contributed by atoms with van der Waals surface area (Å²) in [6.45, 7) is 1.85. The van der Waals surface area contributed by atoms with Crippen molar-refractivity contribution in [2.45, 2.75) is 25.4 Å². The molecule has 3 N–H and O–H groups in total. The van der Waals surface area contributed by atoms with Gasteiger partial charge in [0.1, 0.15) is 11.5 Å². The molecule has 0 aliphatic carbocycles. The van der Waals surface area contributed by atoms with Crippen molar-refractivity contribution in [2.75, 3.05) is 18.0 Å². The molecule has 4 rings (SSSR count). The Kier molecular flexibility index (Phi) is 4.19. The minimum absolute atomic E-state index is 0.0841. The van der Waals surface area contributed by atoms with Crippen LogP contribution in [0.25, 0.3) is 11.0 Å². The van der Waals surface area contributed by atoms with E-state index >= 15 is 0 Å². The number of fused-ring (bicyclic) bond motifs is 1. The van der Waals surface area contributed by atoms with Gasteiger partial charge in [-0.3, -0.25) is 4.57 Å². The number of nitrogens with zero attached hydrogens (tertiary/aromatic N) is 4. The van der Waals surface area contributed by atoms with Crippen molar-refractivity contribution < 1.29 is 0 Å². The van der Waals surface area contributed by atoms with E-state index in [2.05, 4.69) is 20.9 Å². The summed E-state index contributed by atoms with van der Waals surface area (Å²) in [5.41, 5.74) is 7.79. The van der Waals surface area contributed by atoms with Gasteiger partial charge in [-0.2, -0.15) is 10.2 Å². The molecular formula is C19H20N6O. The zero-order chi connectivity index (χ0) is 18.1. The van der Waals surface area contributed by atoms with Crippen LogP contribution in [0, 0.1) is 11.3 Å². The Hall–Kier alpha value is -3.11. The number of anilines is 1. The fourth-order valence-corrected chi connectivity index (χ4v) is 3.65. The van der Waals surface area contributed by atoms with Gasteiger partial charge in [0.15, 0.2) is 0 Å². The first-order chi connectivity index (χ1) is 12.7. The summed E-state index contributed by atoms with van der Waals surface area (Å²) in [6.07, 6.45) is 3.76. The predicted molar refractivity (Wildman–Crippen MR) is 100 cm³/mol. The van der Waals surface area contributed by atoms with Crippen LogP contribution in [-0.2, 0) is 6.54 Å². The van der Waals surface area contributed by atoms with Crippen molar-refractivity contribution in [3.05, 3.63) is 58.1 Å². The monoisotopic (exact) mass is 348 g/mol. The Morgan fingerprint density at radius 2 is 2.19 bits per heavy atom. The molecule has 0 radical (unpaired) electrons. The Balaban J connectivity index is 1.88. The van der Waals surface area contributed by atoms with Gasteiger partial charge in [0.2, 0.25) is 0 Å². The molecule has 0 saturated carbocycles. The first-order valence-corrected chi connectivity index (χ1v) is 8.74. The predicted octanol–water partition coefficient (Wildman–Crippen LogP) is 1.57. The summed E-state index contributed by atoms with van der Waals surface area (Å²) in [4.78, 5) is 22.1. The van der Waals surface area contributed by atoms with Crippen LogP contribution in [0.5, 0.6) is 0 Å². The largest absolute Gasteiger partial charge is 0.356 e. The van der Waals surface area contributed by atoms with Crippen LogP contribution >= 0.6 is 0 Å². The number of piperidine rings is 1. The average molecular weight is 348 g/mol. The Morgan fingerprint density at radius 1 is 1.35 bits per heavy atom. The van der Waals surface area contributed by atoms with Gasteiger partial charge in [-0.05, 0) is 30.5 Å². The quantitative estimate of drug-likeness (QED) is 0.748. The Bertz CT molecular complexity index is 1040. The lowest BCUT2D eigenvalue weighted by Crippen LogP contribution is -2.45. The lowest BCUT2D eigenvalue weighted by Gasteiger charge is -2.34. The summed E-state index contributed by atoms with van der Waals surface area (Å²) < 4.78 is 1.66. The SMILES string of the molecule is N#Cc1ccccc1Cn1c(N2CCC[C@@H](N)C2)c2cc[nH]c2nc1=O. The van der Waals surface area contributed by atoms with E-state index in [4.69, 9.17) is 5.73 Å². The van der Waals surface area contributed by atoms with Crippen molar-refractivity contribution in [3.63, 3.8) is 0 Å². The van der Waals surface area contributed by atoms with Crippen molar-refractivity contribution in [1.82, 2.24) is 14.5 Å². The van der Waals surface area contributed by atoms with Gasteiger partial charge >= 0.3 is 5.69 Å². The Morgan fingerprint density at radius 3 is 3.00 bits per heavy atom. The second-order valence-corrected chi connectivity index (χ2v) is 6.66. The normalized spacial score (nSPS) is 17.4. The number of benzene rings is 1. The molecule has 3 aromatic rings. The molecule has 0 bridgehead atoms. The number of rotatable bonds is 3. The van der Waals surface area contributed by atoms with Crippen molar-refractivity contribution >= 4 is 16.9 Å². The van der Waals surface area contributed by atoms with Gasteiger partial charge in [-0.25, -0.2) is 4.79 Å². The van der Waals surface area contributed by atoms with Gasteiger partial charge < -0.3 is 15.6 Å². The third-order valence-corrected chi connectivity index (χ3v) is 4.88. The number of aromatic nitrogens is 3. The lowest BCUT2D eigenvalue weighted by molar-refractivity contribution is 0.496. The van der Waals surface area contributed by atoms with Crippen LogP contribution in [0.4, 0.5) is 5.82 Å². The van der Waals surface area contributed by atoms with Crippen molar-refractivity contribution in [3.8, 4) is 6.07 Å². The highest BCUT2D eigenvalue weighted by Gasteiger charge is 2.23. The molecule has 1 aliphatic rings. The average Bonchev–Trinajstić information content (AvgIpc) is 3.10. The molecule has 1 aromatic carbocycles. The van der Waals surface area contributed by atoms with Gasteiger partial charge in [0, 0.05) is 25.3 Å². The standard InChI is InChI=1S/C19H20N6O/c20-10-13-4-1-2-5-14(13)11-25-18(24-9-3-6-15(21)12-24)16-7-8-22-17(16)23-19(25)26/h1-2,4-5,7-8,15H,3,6,9,11-12,21H2,(H,22,23,26)/t15-/m1/s1. The molecule has 1 saturated heterocycles. The molecule has 26 heavy (non-hydrogen) atoms. The maximum Gasteiger partial charge on any atom is 0.351 e. The molecule has 1 fully saturated rings. The molecule has 2 aromatic heterocycles. The van der Waals surface area contributed by atoms with E-state index in [0.29, 0.717) is 24.3 Å². The summed E-state index contributed by atoms with van der Waals surface area (Å²) in [7, 11) is 0. The summed E-state index contributed by atoms with van der Waals surface area (Å²) in [5, 5.41) is 10.3. The number of hydrogen-bond donors (Lipinski definition) is 2. The molecule has 3 heterocycles. The van der Waals surface area contributed by atoms with Crippen LogP contribution in [0.1, 0.15) is 24.0 Å². The van der Waals surface area contributed by atoms with Crippen LogP contribution in [0.2, 0.25) is 0 Å². The topological polar surface area (TPSA) is 104 Å². The minimum atomic E-state index is -0.332. The van der Waals surface area contributed by atoms with E-state index < -0.39 is 0 Å². The lowest BCUT2D eigenvalue weighted by atomic mass is 10.1. The zero-order valence-corrected chi connectivity index (χ0v) is 14.4. The molecular weight excluding hydrogens is 328 g/mol. The minimum Gasteiger partial charge on any atom is -0.356 e. The first kappa shape index (κ1) is 16.4. The highest BCUT2D eigenvalue weighted by Crippen LogP contribution is 2.27. The molecule has 1 atom stereocenters. The summed E-state index contributed by atoms with van der Waals surface area (Å²) in [5.74, 6) is 0.823. The number of aromatic amines is 1. The maximum absolute atomic E-state index is 12.8. The van der Waals surface area contributed by atoms with Gasteiger partial charge in [-0.15, -0.1) is 0 Å². The fraction of sp³-hybridized carbons (Fsp3) is 0.316. The number of nitriles is 1. The molecule has 7 heteroatoms. The number of H-pyrrole nitrogens is 1. The molecule has 0 spiro atoms. The number of nitrogens with one attached hydrogen (secondary N) is 1. The van der Waals surface area contributed by atoms with Crippen LogP contribution in [0.3, 0.4) is 0 Å².